The number of aromatic nitrogens is 1. The number of fused-ring (bicyclic) bond motifs is 4. The molecule has 2 bridgehead atoms. The van der Waals surface area contributed by atoms with Crippen molar-refractivity contribution in [2.75, 3.05) is 13.1 Å². The van der Waals surface area contributed by atoms with Crippen LogP contribution >= 0.6 is 0 Å². The first-order chi connectivity index (χ1) is 15.9. The first-order valence-corrected chi connectivity index (χ1v) is 12.1. The maximum absolute atomic E-state index is 11.9. The van der Waals surface area contributed by atoms with Gasteiger partial charge in [-0.15, -0.1) is 6.58 Å². The van der Waals surface area contributed by atoms with Crippen LogP contribution in [0.15, 0.2) is 61.3 Å². The van der Waals surface area contributed by atoms with Crippen LogP contribution in [-0.2, 0) is 13.2 Å². The van der Waals surface area contributed by atoms with E-state index in [-0.39, 0.29) is 12.6 Å². The van der Waals surface area contributed by atoms with Gasteiger partial charge in [-0.1, -0.05) is 41.5 Å². The average molecular weight is 444 g/mol. The fraction of sp³-hybridized carbons (Fsp3) is 0.414. The van der Waals surface area contributed by atoms with Gasteiger partial charge in [0, 0.05) is 35.9 Å². The van der Waals surface area contributed by atoms with Crippen LogP contribution in [-0.4, -0.2) is 38.8 Å². The van der Waals surface area contributed by atoms with Gasteiger partial charge in [0.2, 0.25) is 0 Å². The van der Waals surface area contributed by atoms with Gasteiger partial charge in [-0.05, 0) is 49.1 Å². The zero-order valence-electron chi connectivity index (χ0n) is 19.7. The molecule has 1 aromatic heterocycles. The van der Waals surface area contributed by atoms with Crippen LogP contribution in [0.3, 0.4) is 0 Å². The first-order valence-electron chi connectivity index (χ1n) is 12.1. The smallest absolute Gasteiger partial charge is 0.131 e. The maximum atomic E-state index is 11.9. The highest BCUT2D eigenvalue weighted by Gasteiger charge is 2.54. The summed E-state index contributed by atoms with van der Waals surface area (Å²) >= 11 is 0. The highest BCUT2D eigenvalue weighted by Crippen LogP contribution is 2.48. The van der Waals surface area contributed by atoms with Gasteiger partial charge in [-0.25, -0.2) is 0 Å². The van der Waals surface area contributed by atoms with Crippen LogP contribution in [0.5, 0.6) is 0 Å². The second kappa shape index (κ2) is 8.68. The third-order valence-corrected chi connectivity index (χ3v) is 8.16. The van der Waals surface area contributed by atoms with Crippen LogP contribution in [0.1, 0.15) is 46.8 Å². The molecule has 2 N–H and O–H groups in total. The molecular formula is C29H35N2O2+. The molecule has 2 aromatic carbocycles. The minimum Gasteiger partial charge on any atom is -0.392 e. The summed E-state index contributed by atoms with van der Waals surface area (Å²) in [5, 5.41) is 22.5. The Morgan fingerprint density at radius 3 is 2.64 bits per heavy atom. The lowest BCUT2D eigenvalue weighted by Crippen LogP contribution is -2.67. The van der Waals surface area contributed by atoms with Crippen molar-refractivity contribution in [3.05, 3.63) is 89.1 Å². The number of rotatable bonds is 6. The summed E-state index contributed by atoms with van der Waals surface area (Å²) in [6.45, 7) is 11.5. The molecule has 5 atom stereocenters. The Kier molecular flexibility index (Phi) is 5.86. The topological polar surface area (TPSA) is 53.4 Å². The number of nitrogens with zero attached hydrogens (tertiary/aromatic N) is 2. The van der Waals surface area contributed by atoms with E-state index < -0.39 is 6.10 Å². The van der Waals surface area contributed by atoms with E-state index in [1.165, 1.54) is 23.1 Å². The fourth-order valence-corrected chi connectivity index (χ4v) is 6.68. The zero-order valence-corrected chi connectivity index (χ0v) is 19.7. The highest BCUT2D eigenvalue weighted by atomic mass is 16.3. The molecule has 4 nitrogen and oxygen atoms in total. The Morgan fingerprint density at radius 1 is 1.12 bits per heavy atom. The summed E-state index contributed by atoms with van der Waals surface area (Å²) in [5.74, 6) is 1.09. The third-order valence-electron chi connectivity index (χ3n) is 8.16. The molecule has 0 amide bonds. The molecule has 0 spiro atoms. The molecule has 3 unspecified atom stereocenters. The zero-order chi connectivity index (χ0) is 23.2. The molecule has 172 valence electrons. The molecule has 0 radical (unpaired) electrons. The van der Waals surface area contributed by atoms with Gasteiger partial charge >= 0.3 is 0 Å². The van der Waals surface area contributed by atoms with E-state index in [1.807, 2.05) is 24.3 Å². The molecule has 3 aliphatic rings. The number of quaternary nitrogens is 1. The number of piperidine rings is 3. The molecule has 3 aromatic rings. The number of aryl methyl sites for hydroxylation is 2. The summed E-state index contributed by atoms with van der Waals surface area (Å²) < 4.78 is 0.904. The average Bonchev–Trinajstić information content (AvgIpc) is 2.82. The van der Waals surface area contributed by atoms with Crippen LogP contribution in [0.2, 0.25) is 0 Å². The minimum atomic E-state index is -0.580. The largest absolute Gasteiger partial charge is 0.392 e. The van der Waals surface area contributed by atoms with Crippen LogP contribution < -0.4 is 0 Å². The van der Waals surface area contributed by atoms with Gasteiger partial charge in [-0.2, -0.15) is 0 Å². The Labute approximate surface area is 196 Å². The van der Waals surface area contributed by atoms with E-state index in [2.05, 4.69) is 49.7 Å². The van der Waals surface area contributed by atoms with Gasteiger partial charge < -0.3 is 14.7 Å². The van der Waals surface area contributed by atoms with Crippen molar-refractivity contribution >= 4 is 10.9 Å². The molecule has 6 rings (SSSR count). The standard InChI is InChI=1S/C29H35N2O2/c1-4-23-17-31(16-22-12-19(2)11-20(3)13-22)10-8-24(23)15-28(31)29(33)25-7-9-30-27-6-5-21(18-32)14-26(25)27/h4-7,9,11-14,23-24,28-29,32-33H,1,8,10,15-18H2,2-3H3/q+1/t23?,24?,28-,29+,31?/m1/s1. The molecule has 33 heavy (non-hydrogen) atoms. The van der Waals surface area contributed by atoms with Gasteiger partial charge in [0.25, 0.3) is 0 Å². The lowest BCUT2D eigenvalue weighted by molar-refractivity contribution is -0.984. The molecule has 3 aliphatic heterocycles. The number of aliphatic hydroxyl groups excluding tert-OH is 2. The van der Waals surface area contributed by atoms with Crippen LogP contribution in [0, 0.1) is 25.7 Å². The van der Waals surface area contributed by atoms with Crippen molar-refractivity contribution in [2.24, 2.45) is 11.8 Å². The molecule has 4 heterocycles. The Morgan fingerprint density at radius 2 is 1.91 bits per heavy atom. The van der Waals surface area contributed by atoms with Crippen LogP contribution in [0.4, 0.5) is 0 Å². The molecule has 3 fully saturated rings. The van der Waals surface area contributed by atoms with Crippen molar-refractivity contribution < 1.29 is 14.7 Å². The lowest BCUT2D eigenvalue weighted by Gasteiger charge is -2.58. The minimum absolute atomic E-state index is 0.0143. The lowest BCUT2D eigenvalue weighted by atomic mass is 9.71. The van der Waals surface area contributed by atoms with Gasteiger partial charge in [0.1, 0.15) is 18.7 Å². The Balaban J connectivity index is 1.57. The number of hydrogen-bond donors (Lipinski definition) is 2. The van der Waals surface area contributed by atoms with Crippen molar-refractivity contribution in [1.82, 2.24) is 4.98 Å². The van der Waals surface area contributed by atoms with E-state index in [9.17, 15) is 10.2 Å². The molecular weight excluding hydrogens is 408 g/mol. The monoisotopic (exact) mass is 443 g/mol. The third kappa shape index (κ3) is 4.01. The molecule has 0 aliphatic carbocycles. The predicted octanol–water partition coefficient (Wildman–Crippen LogP) is 4.99. The van der Waals surface area contributed by atoms with E-state index in [4.69, 9.17) is 0 Å². The van der Waals surface area contributed by atoms with Gasteiger partial charge in [0.15, 0.2) is 0 Å². The van der Waals surface area contributed by atoms with Crippen molar-refractivity contribution in [3.8, 4) is 0 Å². The van der Waals surface area contributed by atoms with E-state index in [1.54, 1.807) is 6.20 Å². The quantitative estimate of drug-likeness (QED) is 0.417. The number of pyridine rings is 1. The molecule has 4 heteroatoms. The highest BCUT2D eigenvalue weighted by molar-refractivity contribution is 5.83. The van der Waals surface area contributed by atoms with Crippen molar-refractivity contribution in [2.45, 2.75) is 52.0 Å². The SMILES string of the molecule is C=CC1C[N+]2(Cc3cc(C)cc(C)c3)CCC1C[C@@H]2[C@@H](O)c1ccnc2ccc(CO)cc12. The number of benzene rings is 2. The second-order valence-electron chi connectivity index (χ2n) is 10.4. The van der Waals surface area contributed by atoms with Crippen LogP contribution in [0.25, 0.3) is 10.9 Å². The summed E-state index contributed by atoms with van der Waals surface area (Å²) in [6.07, 6.45) is 5.57. The summed E-state index contributed by atoms with van der Waals surface area (Å²) in [6, 6.07) is 14.8. The van der Waals surface area contributed by atoms with E-state index >= 15 is 0 Å². The Bertz CT molecular complexity index is 1170. The van der Waals surface area contributed by atoms with Crippen molar-refractivity contribution in [3.63, 3.8) is 0 Å². The van der Waals surface area contributed by atoms with Crippen molar-refractivity contribution in [1.29, 1.82) is 0 Å². The molecule has 0 saturated carbocycles. The first kappa shape index (κ1) is 22.3. The number of aliphatic hydroxyl groups is 2. The normalized spacial score (nSPS) is 27.6. The van der Waals surface area contributed by atoms with Gasteiger partial charge in [-0.3, -0.25) is 4.98 Å². The fourth-order valence-electron chi connectivity index (χ4n) is 6.68. The summed E-state index contributed by atoms with van der Waals surface area (Å²) in [4.78, 5) is 4.51. The Hall–Kier alpha value is -2.53. The predicted molar refractivity (Wildman–Crippen MR) is 132 cm³/mol. The van der Waals surface area contributed by atoms with E-state index in [0.29, 0.717) is 11.8 Å². The van der Waals surface area contributed by atoms with E-state index in [0.717, 1.165) is 52.6 Å². The summed E-state index contributed by atoms with van der Waals surface area (Å²) in [7, 11) is 0. The molecule has 3 saturated heterocycles. The second-order valence-corrected chi connectivity index (χ2v) is 10.4. The summed E-state index contributed by atoms with van der Waals surface area (Å²) in [5.41, 5.74) is 6.59. The maximum Gasteiger partial charge on any atom is 0.131 e. The number of hydrogen-bond acceptors (Lipinski definition) is 3. The van der Waals surface area contributed by atoms with Gasteiger partial charge in [0.05, 0.1) is 25.2 Å².